The molecule has 1 fully saturated rings. The van der Waals surface area contributed by atoms with Gasteiger partial charge >= 0.3 is 0 Å². The molecule has 9 nitrogen and oxygen atoms in total. The van der Waals surface area contributed by atoms with Crippen LogP contribution in [0, 0.1) is 0 Å². The number of amides is 1. The Bertz CT molecular complexity index is 1330. The van der Waals surface area contributed by atoms with Crippen LogP contribution in [0.25, 0.3) is 10.9 Å². The summed E-state index contributed by atoms with van der Waals surface area (Å²) in [6, 6.07) is 10.8. The minimum Gasteiger partial charge on any atom is -0.493 e. The number of halogens is 1. The molecule has 0 saturated carbocycles. The summed E-state index contributed by atoms with van der Waals surface area (Å²) in [6.45, 7) is 6.00. The van der Waals surface area contributed by atoms with Crippen LogP contribution in [0.2, 0.25) is 0 Å². The molecule has 1 atom stereocenters. The molecule has 3 aromatic rings. The van der Waals surface area contributed by atoms with Gasteiger partial charge in [0.1, 0.15) is 5.82 Å². The van der Waals surface area contributed by atoms with E-state index < -0.39 is 0 Å². The van der Waals surface area contributed by atoms with Gasteiger partial charge in [0.05, 0.1) is 37.4 Å². The number of carbonyl (C=O) groups is 1. The van der Waals surface area contributed by atoms with Crippen LogP contribution in [-0.4, -0.2) is 66.7 Å². The standard InChI is InChI=1S/C26H29BrN4O5/c1-4-17(2)25-29-21-9-8-19(27)14-20(21)26(33)31(25)28-15-18-6-5-7-22(34-3)24(18)36-16-23(32)30-10-12-35-13-11-30/h5-9,14-15,17H,4,10-13,16H2,1-3H3/t17-/m1/s1. The predicted molar refractivity (Wildman–Crippen MR) is 141 cm³/mol. The smallest absolute Gasteiger partial charge is 0.282 e. The average Bonchev–Trinajstić information content (AvgIpc) is 2.91. The van der Waals surface area contributed by atoms with Crippen LogP contribution in [0.3, 0.4) is 0 Å². The molecule has 1 aliphatic heterocycles. The van der Waals surface area contributed by atoms with Crippen LogP contribution in [0.5, 0.6) is 11.5 Å². The number of carbonyl (C=O) groups excluding carboxylic acids is 1. The van der Waals surface area contributed by atoms with Gasteiger partial charge in [-0.1, -0.05) is 35.8 Å². The minimum absolute atomic E-state index is 0.00932. The van der Waals surface area contributed by atoms with Crippen molar-refractivity contribution < 1.29 is 19.0 Å². The number of aromatic nitrogens is 2. The summed E-state index contributed by atoms with van der Waals surface area (Å²) in [4.78, 5) is 32.5. The highest BCUT2D eigenvalue weighted by molar-refractivity contribution is 9.10. The van der Waals surface area contributed by atoms with Crippen LogP contribution in [0.1, 0.15) is 37.6 Å². The zero-order valence-electron chi connectivity index (χ0n) is 20.6. The fourth-order valence-corrected chi connectivity index (χ4v) is 4.25. The van der Waals surface area contributed by atoms with E-state index in [-0.39, 0.29) is 24.0 Å². The van der Waals surface area contributed by atoms with Crippen LogP contribution in [-0.2, 0) is 9.53 Å². The van der Waals surface area contributed by atoms with E-state index in [9.17, 15) is 9.59 Å². The SMILES string of the molecule is CC[C@@H](C)c1nc2ccc(Br)cc2c(=O)n1N=Cc1cccc(OC)c1OCC(=O)N1CCOCC1. The zero-order chi connectivity index (χ0) is 25.7. The van der Waals surface area contributed by atoms with E-state index in [4.69, 9.17) is 19.2 Å². The van der Waals surface area contributed by atoms with Crippen molar-refractivity contribution >= 4 is 39.0 Å². The predicted octanol–water partition coefficient (Wildman–Crippen LogP) is 3.80. The second-order valence-electron chi connectivity index (χ2n) is 8.46. The van der Waals surface area contributed by atoms with Gasteiger partial charge in [-0.15, -0.1) is 0 Å². The molecule has 0 unspecified atom stereocenters. The van der Waals surface area contributed by atoms with Gasteiger partial charge in [0.15, 0.2) is 18.1 Å². The number of ether oxygens (including phenoxy) is 3. The van der Waals surface area contributed by atoms with E-state index in [2.05, 4.69) is 21.0 Å². The van der Waals surface area contributed by atoms with Crippen LogP contribution < -0.4 is 15.0 Å². The van der Waals surface area contributed by atoms with E-state index in [0.717, 1.165) is 10.9 Å². The van der Waals surface area contributed by atoms with E-state index in [1.54, 1.807) is 29.2 Å². The number of morpholine rings is 1. The molecule has 0 N–H and O–H groups in total. The number of methoxy groups -OCH3 is 1. The van der Waals surface area contributed by atoms with Gasteiger partial charge in [0, 0.05) is 29.0 Å². The highest BCUT2D eigenvalue weighted by Gasteiger charge is 2.20. The second-order valence-corrected chi connectivity index (χ2v) is 9.38. The molecule has 0 aliphatic carbocycles. The average molecular weight is 557 g/mol. The third-order valence-electron chi connectivity index (χ3n) is 6.13. The summed E-state index contributed by atoms with van der Waals surface area (Å²) in [6.07, 6.45) is 2.33. The molecule has 1 aliphatic rings. The first-order valence-corrected chi connectivity index (χ1v) is 12.6. The summed E-state index contributed by atoms with van der Waals surface area (Å²) in [5.41, 5.74) is 0.929. The highest BCUT2D eigenvalue weighted by Crippen LogP contribution is 2.30. The summed E-state index contributed by atoms with van der Waals surface area (Å²) in [5.74, 6) is 1.28. The maximum Gasteiger partial charge on any atom is 0.282 e. The molecule has 10 heteroatoms. The Morgan fingerprint density at radius 3 is 2.78 bits per heavy atom. The van der Waals surface area contributed by atoms with E-state index in [0.29, 0.717) is 60.1 Å². The largest absolute Gasteiger partial charge is 0.493 e. The van der Waals surface area contributed by atoms with E-state index >= 15 is 0 Å². The maximum atomic E-state index is 13.4. The van der Waals surface area contributed by atoms with Crippen molar-refractivity contribution in [2.24, 2.45) is 5.10 Å². The molecule has 2 heterocycles. The van der Waals surface area contributed by atoms with Crippen molar-refractivity contribution in [3.8, 4) is 11.5 Å². The number of fused-ring (bicyclic) bond motifs is 1. The lowest BCUT2D eigenvalue weighted by Crippen LogP contribution is -2.43. The Hall–Kier alpha value is -3.24. The molecular weight excluding hydrogens is 528 g/mol. The molecule has 4 rings (SSSR count). The third kappa shape index (κ3) is 5.60. The highest BCUT2D eigenvalue weighted by atomic mass is 79.9. The van der Waals surface area contributed by atoms with Crippen molar-refractivity contribution in [3.63, 3.8) is 0 Å². The Morgan fingerprint density at radius 1 is 1.28 bits per heavy atom. The summed E-state index contributed by atoms with van der Waals surface area (Å²) in [7, 11) is 1.53. The van der Waals surface area contributed by atoms with Crippen LogP contribution >= 0.6 is 15.9 Å². The quantitative estimate of drug-likeness (QED) is 0.391. The molecule has 1 amide bonds. The number of benzene rings is 2. The van der Waals surface area contributed by atoms with Crippen molar-refractivity contribution in [2.45, 2.75) is 26.2 Å². The molecular formula is C26H29BrN4O5. The Morgan fingerprint density at radius 2 is 2.06 bits per heavy atom. The molecule has 1 saturated heterocycles. The normalized spacial score (nSPS) is 14.8. The molecule has 1 aromatic heterocycles. The summed E-state index contributed by atoms with van der Waals surface area (Å²) < 4.78 is 18.8. The van der Waals surface area contributed by atoms with Gasteiger partial charge < -0.3 is 19.1 Å². The Labute approximate surface area is 217 Å². The van der Waals surface area contributed by atoms with Gasteiger partial charge in [-0.05, 0) is 36.8 Å². The molecule has 0 bridgehead atoms. The zero-order valence-corrected chi connectivity index (χ0v) is 22.2. The lowest BCUT2D eigenvalue weighted by molar-refractivity contribution is -0.137. The van der Waals surface area contributed by atoms with Gasteiger partial charge in [-0.3, -0.25) is 9.59 Å². The molecule has 36 heavy (non-hydrogen) atoms. The summed E-state index contributed by atoms with van der Waals surface area (Å²) >= 11 is 3.43. The molecule has 0 radical (unpaired) electrons. The van der Waals surface area contributed by atoms with Crippen LogP contribution in [0.15, 0.2) is 50.8 Å². The molecule has 0 spiro atoms. The van der Waals surface area contributed by atoms with Crippen molar-refractivity contribution in [1.29, 1.82) is 0 Å². The molecule has 190 valence electrons. The Balaban J connectivity index is 1.70. The maximum absolute atomic E-state index is 13.4. The van der Waals surface area contributed by atoms with E-state index in [1.807, 2.05) is 26.0 Å². The second kappa shape index (κ2) is 11.7. The summed E-state index contributed by atoms with van der Waals surface area (Å²) in [5, 5.41) is 5.00. The molecule has 2 aromatic carbocycles. The van der Waals surface area contributed by atoms with Crippen molar-refractivity contribution in [2.75, 3.05) is 40.0 Å². The van der Waals surface area contributed by atoms with Gasteiger partial charge in [0.2, 0.25) is 0 Å². The van der Waals surface area contributed by atoms with Gasteiger partial charge in [-0.25, -0.2) is 4.98 Å². The van der Waals surface area contributed by atoms with Crippen molar-refractivity contribution in [3.05, 3.63) is 62.6 Å². The number of para-hydroxylation sites is 1. The first-order chi connectivity index (χ1) is 17.4. The lowest BCUT2D eigenvalue weighted by atomic mass is 10.1. The first-order valence-electron chi connectivity index (χ1n) is 11.8. The van der Waals surface area contributed by atoms with Crippen LogP contribution in [0.4, 0.5) is 0 Å². The van der Waals surface area contributed by atoms with Gasteiger partial charge in [0.25, 0.3) is 11.5 Å². The number of hydrogen-bond donors (Lipinski definition) is 0. The minimum atomic E-state index is -0.263. The fraction of sp³-hybridized carbons (Fsp3) is 0.385. The lowest BCUT2D eigenvalue weighted by Gasteiger charge is -2.27. The Kier molecular flexibility index (Phi) is 8.37. The van der Waals surface area contributed by atoms with E-state index in [1.165, 1.54) is 18.0 Å². The topological polar surface area (TPSA) is 95.2 Å². The number of hydrogen-bond acceptors (Lipinski definition) is 7. The number of nitrogens with zero attached hydrogens (tertiary/aromatic N) is 4. The monoisotopic (exact) mass is 556 g/mol. The fourth-order valence-electron chi connectivity index (χ4n) is 3.89. The first kappa shape index (κ1) is 25.8. The van der Waals surface area contributed by atoms with Gasteiger partial charge in [-0.2, -0.15) is 9.78 Å². The third-order valence-corrected chi connectivity index (χ3v) is 6.63. The number of rotatable bonds is 8. The van der Waals surface area contributed by atoms with Crippen molar-refractivity contribution in [1.82, 2.24) is 14.6 Å².